The number of nitrogens with two attached hydrogens (primary N) is 1. The fraction of sp³-hybridized carbons (Fsp3) is 0.231. The first-order chi connectivity index (χ1) is 16.6. The highest BCUT2D eigenvalue weighted by molar-refractivity contribution is 7.98. The van der Waals surface area contributed by atoms with Crippen LogP contribution in [0.5, 0.6) is 0 Å². The van der Waals surface area contributed by atoms with E-state index in [1.54, 1.807) is 18.2 Å². The molecule has 0 saturated carbocycles. The van der Waals surface area contributed by atoms with Gasteiger partial charge in [0, 0.05) is 22.4 Å². The monoisotopic (exact) mass is 531 g/mol. The SMILES string of the molecule is CC1(c2ccc(Cl)c(Cl)c2)CC2(C=CC(F)=CC2)n2c1cnc2SCc1ccc(F)cc1C(N)=O. The number of hydrogen-bond acceptors (Lipinski definition) is 3. The number of hydrogen-bond donors (Lipinski definition) is 1. The zero-order valence-electron chi connectivity index (χ0n) is 18.7. The molecule has 35 heavy (non-hydrogen) atoms. The summed E-state index contributed by atoms with van der Waals surface area (Å²) in [6.07, 6.45) is 7.95. The topological polar surface area (TPSA) is 60.9 Å². The highest BCUT2D eigenvalue weighted by Crippen LogP contribution is 2.54. The third-order valence-corrected chi connectivity index (χ3v) is 8.59. The molecular formula is C26H21Cl2F2N3OS. The van der Waals surface area contributed by atoms with Crippen molar-refractivity contribution < 1.29 is 13.6 Å². The molecule has 1 aliphatic carbocycles. The number of aromatic nitrogens is 2. The van der Waals surface area contributed by atoms with Gasteiger partial charge in [-0.2, -0.15) is 0 Å². The van der Waals surface area contributed by atoms with E-state index in [1.165, 1.54) is 23.9 Å². The van der Waals surface area contributed by atoms with Gasteiger partial charge >= 0.3 is 0 Å². The summed E-state index contributed by atoms with van der Waals surface area (Å²) in [6.45, 7) is 2.12. The molecule has 1 aliphatic heterocycles. The lowest BCUT2D eigenvalue weighted by Crippen LogP contribution is -2.31. The maximum Gasteiger partial charge on any atom is 0.249 e. The second-order valence-electron chi connectivity index (χ2n) is 9.08. The molecule has 2 heterocycles. The van der Waals surface area contributed by atoms with E-state index in [9.17, 15) is 13.6 Å². The van der Waals surface area contributed by atoms with Gasteiger partial charge in [-0.25, -0.2) is 13.8 Å². The molecule has 4 nitrogen and oxygen atoms in total. The molecule has 0 bridgehead atoms. The molecule has 0 fully saturated rings. The number of halogens is 4. The largest absolute Gasteiger partial charge is 0.366 e. The Labute approximate surface area is 215 Å². The van der Waals surface area contributed by atoms with Crippen molar-refractivity contribution in [1.82, 2.24) is 9.55 Å². The van der Waals surface area contributed by atoms with Crippen LogP contribution in [0.2, 0.25) is 10.0 Å². The van der Waals surface area contributed by atoms with E-state index >= 15 is 0 Å². The van der Waals surface area contributed by atoms with Crippen molar-refractivity contribution >= 4 is 40.9 Å². The number of imidazole rings is 1. The number of benzene rings is 2. The van der Waals surface area contributed by atoms with Crippen molar-refractivity contribution in [2.45, 2.75) is 41.6 Å². The van der Waals surface area contributed by atoms with Gasteiger partial charge in [0.1, 0.15) is 11.6 Å². The van der Waals surface area contributed by atoms with Crippen molar-refractivity contribution in [1.29, 1.82) is 0 Å². The quantitative estimate of drug-likeness (QED) is 0.362. The molecule has 1 amide bonds. The number of allylic oxidation sites excluding steroid dienone is 4. The third-order valence-electron chi connectivity index (χ3n) is 6.85. The smallest absolute Gasteiger partial charge is 0.249 e. The maximum atomic E-state index is 14.0. The van der Waals surface area contributed by atoms with E-state index in [0.717, 1.165) is 17.3 Å². The fourth-order valence-electron chi connectivity index (χ4n) is 5.12. The van der Waals surface area contributed by atoms with Gasteiger partial charge in [0.15, 0.2) is 5.16 Å². The predicted molar refractivity (Wildman–Crippen MR) is 135 cm³/mol. The minimum Gasteiger partial charge on any atom is -0.366 e. The first-order valence-electron chi connectivity index (χ1n) is 10.9. The number of rotatable bonds is 5. The van der Waals surface area contributed by atoms with Gasteiger partial charge < -0.3 is 10.3 Å². The van der Waals surface area contributed by atoms with Crippen LogP contribution in [0.25, 0.3) is 0 Å². The van der Waals surface area contributed by atoms with Gasteiger partial charge in [-0.3, -0.25) is 4.79 Å². The second kappa shape index (κ2) is 8.80. The van der Waals surface area contributed by atoms with Crippen molar-refractivity contribution in [3.8, 4) is 0 Å². The van der Waals surface area contributed by atoms with Crippen LogP contribution in [0.15, 0.2) is 71.8 Å². The first kappa shape index (κ1) is 24.1. The number of amides is 1. The van der Waals surface area contributed by atoms with Gasteiger partial charge in [0.25, 0.3) is 0 Å². The molecule has 5 rings (SSSR count). The van der Waals surface area contributed by atoms with Gasteiger partial charge in [-0.1, -0.05) is 53.2 Å². The lowest BCUT2D eigenvalue weighted by Gasteiger charge is -2.32. The summed E-state index contributed by atoms with van der Waals surface area (Å²) < 4.78 is 29.8. The van der Waals surface area contributed by atoms with E-state index in [1.807, 2.05) is 24.4 Å². The lowest BCUT2D eigenvalue weighted by molar-refractivity contribution is 0.0999. The van der Waals surface area contributed by atoms with Crippen LogP contribution in [0.1, 0.15) is 46.9 Å². The van der Waals surface area contributed by atoms with Crippen LogP contribution in [0.3, 0.4) is 0 Å². The van der Waals surface area contributed by atoms with Crippen molar-refractivity contribution in [3.63, 3.8) is 0 Å². The normalized spacial score (nSPS) is 22.9. The van der Waals surface area contributed by atoms with Gasteiger partial charge in [0.2, 0.25) is 5.91 Å². The van der Waals surface area contributed by atoms with Crippen LogP contribution in [-0.4, -0.2) is 15.5 Å². The third kappa shape index (κ3) is 4.09. The van der Waals surface area contributed by atoms with Crippen LogP contribution in [0.4, 0.5) is 8.78 Å². The van der Waals surface area contributed by atoms with E-state index < -0.39 is 22.7 Å². The van der Waals surface area contributed by atoms with E-state index in [-0.39, 0.29) is 11.4 Å². The molecular weight excluding hydrogens is 511 g/mol. The molecule has 2 atom stereocenters. The van der Waals surface area contributed by atoms with Crippen LogP contribution >= 0.6 is 35.0 Å². The van der Waals surface area contributed by atoms with E-state index in [4.69, 9.17) is 33.9 Å². The molecule has 9 heteroatoms. The zero-order valence-corrected chi connectivity index (χ0v) is 21.0. The predicted octanol–water partition coefficient (Wildman–Crippen LogP) is 6.94. The molecule has 1 aromatic heterocycles. The number of carbonyl (C=O) groups excluding carboxylic acids is 1. The molecule has 2 N–H and O–H groups in total. The van der Waals surface area contributed by atoms with Gasteiger partial charge in [0.05, 0.1) is 21.8 Å². The summed E-state index contributed by atoms with van der Waals surface area (Å²) >= 11 is 13.9. The number of primary amides is 1. The molecule has 1 spiro atoms. The molecule has 2 aliphatic rings. The number of nitrogens with zero attached hydrogens (tertiary/aromatic N) is 2. The number of fused-ring (bicyclic) bond motifs is 2. The summed E-state index contributed by atoms with van der Waals surface area (Å²) in [5, 5.41) is 1.65. The second-order valence-corrected chi connectivity index (χ2v) is 10.8. The Bertz CT molecular complexity index is 1420. The summed E-state index contributed by atoms with van der Waals surface area (Å²) in [7, 11) is 0. The van der Waals surface area contributed by atoms with Gasteiger partial charge in [-0.15, -0.1) is 0 Å². The summed E-state index contributed by atoms with van der Waals surface area (Å²) in [5.74, 6) is -1.12. The van der Waals surface area contributed by atoms with Crippen LogP contribution in [-0.2, 0) is 16.7 Å². The lowest BCUT2D eigenvalue weighted by atomic mass is 9.73. The summed E-state index contributed by atoms with van der Waals surface area (Å²) in [5.41, 5.74) is 7.19. The van der Waals surface area contributed by atoms with E-state index in [0.29, 0.717) is 39.4 Å². The Morgan fingerprint density at radius 2 is 2.00 bits per heavy atom. The molecule has 3 aromatic rings. The van der Waals surface area contributed by atoms with Crippen molar-refractivity contribution in [2.75, 3.05) is 0 Å². The molecule has 0 radical (unpaired) electrons. The average molecular weight is 532 g/mol. The van der Waals surface area contributed by atoms with Crippen LogP contribution in [0, 0.1) is 5.82 Å². The Morgan fingerprint density at radius 1 is 1.20 bits per heavy atom. The Balaban J connectivity index is 1.57. The molecule has 2 aromatic carbocycles. The van der Waals surface area contributed by atoms with Crippen molar-refractivity contribution in [2.24, 2.45) is 5.73 Å². The maximum absolute atomic E-state index is 14.0. The Hall–Kier alpha value is -2.61. The molecule has 2 unspecified atom stereocenters. The highest BCUT2D eigenvalue weighted by Gasteiger charge is 2.51. The van der Waals surface area contributed by atoms with Crippen molar-refractivity contribution in [3.05, 3.63) is 105 Å². The van der Waals surface area contributed by atoms with Gasteiger partial charge in [-0.05, 0) is 67.3 Å². The fourth-order valence-corrected chi connectivity index (χ4v) is 6.49. The highest BCUT2D eigenvalue weighted by atomic mass is 35.5. The summed E-state index contributed by atoms with van der Waals surface area (Å²) in [4.78, 5) is 16.5. The number of carbonyl (C=O) groups is 1. The standard InChI is InChI=1S/C26H21Cl2F2N3OS/c1-25(16-3-5-20(27)21(28)10-16)14-26(8-6-17(29)7-9-26)33-22(25)12-32-24(33)35-13-15-2-4-18(30)11-19(15)23(31)34/h2-8,10-12H,9,13-14H2,1H3,(H2,31,34). The summed E-state index contributed by atoms with van der Waals surface area (Å²) in [6, 6.07) is 9.62. The average Bonchev–Trinajstić information content (AvgIpc) is 3.36. The molecule has 180 valence electrons. The van der Waals surface area contributed by atoms with E-state index in [2.05, 4.69) is 11.5 Å². The Morgan fingerprint density at radius 3 is 2.69 bits per heavy atom. The number of thioether (sulfide) groups is 1. The molecule has 0 saturated heterocycles. The minimum absolute atomic E-state index is 0.142. The zero-order chi connectivity index (χ0) is 25.0. The Kier molecular flexibility index (Phi) is 6.06. The minimum atomic E-state index is -0.687. The first-order valence-corrected chi connectivity index (χ1v) is 12.7. The van der Waals surface area contributed by atoms with Crippen LogP contribution < -0.4 is 5.73 Å².